The van der Waals surface area contributed by atoms with Crippen LogP contribution in [0, 0.1) is 34.0 Å². The lowest BCUT2D eigenvalue weighted by Gasteiger charge is -2.19. The first-order valence-corrected chi connectivity index (χ1v) is 16.3. The third-order valence-electron chi connectivity index (χ3n) is 9.65. The van der Waals surface area contributed by atoms with Crippen molar-refractivity contribution in [1.82, 2.24) is 9.13 Å². The molecule has 0 atom stereocenters. The molecule has 50 heavy (non-hydrogen) atoms. The monoisotopic (exact) mass is 635 g/mol. The number of aromatic nitrogens is 2. The van der Waals surface area contributed by atoms with Crippen molar-refractivity contribution in [3.8, 4) is 51.8 Å². The molecular formula is C45H25N5. The zero-order chi connectivity index (χ0) is 33.8. The topological polar surface area (TPSA) is 81.2 Å². The van der Waals surface area contributed by atoms with Gasteiger partial charge in [0.05, 0.1) is 50.5 Å². The summed E-state index contributed by atoms with van der Waals surface area (Å²) in [7, 11) is 0. The summed E-state index contributed by atoms with van der Waals surface area (Å²) in [5.74, 6) is 0. The Morgan fingerprint density at radius 1 is 0.420 bits per heavy atom. The van der Waals surface area contributed by atoms with Gasteiger partial charge in [-0.05, 0) is 77.4 Å². The van der Waals surface area contributed by atoms with E-state index < -0.39 is 0 Å². The molecule has 0 radical (unpaired) electrons. The average Bonchev–Trinajstić information content (AvgIpc) is 3.70. The van der Waals surface area contributed by atoms with Gasteiger partial charge < -0.3 is 9.13 Å². The Kier molecular flexibility index (Phi) is 6.56. The van der Waals surface area contributed by atoms with E-state index in [1.807, 2.05) is 54.6 Å². The Balaban J connectivity index is 1.33. The smallest absolute Gasteiger partial charge is 0.101 e. The van der Waals surface area contributed by atoms with Crippen LogP contribution in [0.2, 0.25) is 0 Å². The molecule has 0 unspecified atom stereocenters. The predicted octanol–water partition coefficient (Wildman–Crippen LogP) is 10.8. The predicted molar refractivity (Wildman–Crippen MR) is 200 cm³/mol. The normalized spacial score (nSPS) is 11.1. The highest BCUT2D eigenvalue weighted by Crippen LogP contribution is 2.43. The first-order valence-electron chi connectivity index (χ1n) is 16.3. The standard InChI is InChI=1S/C45H25N5/c46-26-29-20-22-43-38(24-29)36-15-5-8-19-42(36)50(43)44-23-21-31(27-47)39(28-48)45(44)37-16-2-1-12-33(37)30-10-9-11-32(25-30)49-40-17-6-3-13-34(40)35-14-4-7-18-41(35)49/h1-25H. The lowest BCUT2D eigenvalue weighted by molar-refractivity contribution is 1.17. The summed E-state index contributed by atoms with van der Waals surface area (Å²) >= 11 is 0. The van der Waals surface area contributed by atoms with Crippen LogP contribution in [0.15, 0.2) is 152 Å². The lowest BCUT2D eigenvalue weighted by atomic mass is 9.88. The van der Waals surface area contributed by atoms with Gasteiger partial charge in [-0.1, -0.05) is 91.0 Å². The molecule has 0 bridgehead atoms. The van der Waals surface area contributed by atoms with Gasteiger partial charge in [0.1, 0.15) is 12.1 Å². The molecule has 0 saturated carbocycles. The van der Waals surface area contributed by atoms with Gasteiger partial charge in [0, 0.05) is 32.8 Å². The number of hydrogen-bond acceptors (Lipinski definition) is 3. The molecule has 0 fully saturated rings. The van der Waals surface area contributed by atoms with Crippen LogP contribution in [-0.4, -0.2) is 9.13 Å². The fraction of sp³-hybridized carbons (Fsp3) is 0. The Bertz CT molecular complexity index is 2920. The Morgan fingerprint density at radius 2 is 1.02 bits per heavy atom. The van der Waals surface area contributed by atoms with Gasteiger partial charge in [-0.3, -0.25) is 0 Å². The van der Waals surface area contributed by atoms with E-state index in [4.69, 9.17) is 0 Å². The van der Waals surface area contributed by atoms with E-state index in [2.05, 4.69) is 118 Å². The van der Waals surface area contributed by atoms with E-state index in [0.717, 1.165) is 60.9 Å². The first kappa shape index (κ1) is 28.8. The molecule has 9 aromatic rings. The molecule has 0 aliphatic rings. The molecule has 5 nitrogen and oxygen atoms in total. The summed E-state index contributed by atoms with van der Waals surface area (Å²) in [6.45, 7) is 0. The molecular weight excluding hydrogens is 611 g/mol. The zero-order valence-electron chi connectivity index (χ0n) is 26.7. The van der Waals surface area contributed by atoms with E-state index in [9.17, 15) is 15.8 Å². The van der Waals surface area contributed by atoms with Gasteiger partial charge in [0.2, 0.25) is 0 Å². The van der Waals surface area contributed by atoms with Gasteiger partial charge in [-0.25, -0.2) is 0 Å². The van der Waals surface area contributed by atoms with Gasteiger partial charge in [-0.2, -0.15) is 15.8 Å². The molecule has 9 rings (SSSR count). The summed E-state index contributed by atoms with van der Waals surface area (Å²) in [6.07, 6.45) is 0. The van der Waals surface area contributed by atoms with Gasteiger partial charge in [-0.15, -0.1) is 0 Å². The summed E-state index contributed by atoms with van der Waals surface area (Å²) in [6, 6.07) is 57.9. The van der Waals surface area contributed by atoms with E-state index in [1.165, 1.54) is 10.8 Å². The third kappa shape index (κ3) is 4.24. The van der Waals surface area contributed by atoms with Crippen LogP contribution in [0.1, 0.15) is 16.7 Å². The SMILES string of the molecule is N#Cc1ccc2c(c1)c1ccccc1n2-c1ccc(C#N)c(C#N)c1-c1ccccc1-c1cccc(-n2c3ccccc3c3ccccc32)c1. The molecule has 0 aliphatic heterocycles. The number of hydrogen-bond donors (Lipinski definition) is 0. The van der Waals surface area contributed by atoms with Crippen LogP contribution < -0.4 is 0 Å². The molecule has 0 saturated heterocycles. The molecule has 230 valence electrons. The van der Waals surface area contributed by atoms with Crippen LogP contribution in [0.5, 0.6) is 0 Å². The van der Waals surface area contributed by atoms with Crippen molar-refractivity contribution in [2.45, 2.75) is 0 Å². The highest BCUT2D eigenvalue weighted by Gasteiger charge is 2.23. The van der Waals surface area contributed by atoms with Crippen molar-refractivity contribution in [2.24, 2.45) is 0 Å². The van der Waals surface area contributed by atoms with E-state index >= 15 is 0 Å². The van der Waals surface area contributed by atoms with Crippen molar-refractivity contribution >= 4 is 43.6 Å². The molecule has 0 spiro atoms. The number of nitrogens with zero attached hydrogens (tertiary/aromatic N) is 5. The van der Waals surface area contributed by atoms with Gasteiger partial charge in [0.15, 0.2) is 0 Å². The summed E-state index contributed by atoms with van der Waals surface area (Å²) in [5, 5.41) is 34.9. The van der Waals surface area contributed by atoms with Crippen LogP contribution >= 0.6 is 0 Å². The molecule has 2 heterocycles. The van der Waals surface area contributed by atoms with Crippen molar-refractivity contribution in [1.29, 1.82) is 15.8 Å². The quantitative estimate of drug-likeness (QED) is 0.193. The number of rotatable bonds is 4. The second kappa shape index (κ2) is 11.4. The zero-order valence-corrected chi connectivity index (χ0v) is 26.7. The van der Waals surface area contributed by atoms with Crippen molar-refractivity contribution < 1.29 is 0 Å². The number of benzene rings is 7. The highest BCUT2D eigenvalue weighted by atomic mass is 15.0. The number of nitriles is 3. The van der Waals surface area contributed by atoms with E-state index in [-0.39, 0.29) is 0 Å². The molecule has 7 aromatic carbocycles. The molecule has 5 heteroatoms. The average molecular weight is 636 g/mol. The van der Waals surface area contributed by atoms with Gasteiger partial charge in [0.25, 0.3) is 0 Å². The van der Waals surface area contributed by atoms with Crippen LogP contribution in [-0.2, 0) is 0 Å². The van der Waals surface area contributed by atoms with Crippen LogP contribution in [0.4, 0.5) is 0 Å². The summed E-state index contributed by atoms with van der Waals surface area (Å²) in [5.41, 5.74) is 10.6. The maximum Gasteiger partial charge on any atom is 0.101 e. The lowest BCUT2D eigenvalue weighted by Crippen LogP contribution is -2.02. The van der Waals surface area contributed by atoms with Gasteiger partial charge >= 0.3 is 0 Å². The summed E-state index contributed by atoms with van der Waals surface area (Å²) < 4.78 is 4.45. The number of para-hydroxylation sites is 3. The maximum atomic E-state index is 10.7. The highest BCUT2D eigenvalue weighted by molar-refractivity contribution is 6.11. The summed E-state index contributed by atoms with van der Waals surface area (Å²) in [4.78, 5) is 0. The van der Waals surface area contributed by atoms with Crippen molar-refractivity contribution in [3.05, 3.63) is 168 Å². The fourth-order valence-corrected chi connectivity index (χ4v) is 7.53. The van der Waals surface area contributed by atoms with Crippen molar-refractivity contribution in [3.63, 3.8) is 0 Å². The van der Waals surface area contributed by atoms with Crippen LogP contribution in [0.25, 0.3) is 77.2 Å². The fourth-order valence-electron chi connectivity index (χ4n) is 7.53. The number of fused-ring (bicyclic) bond motifs is 6. The Labute approximate surface area is 287 Å². The molecule has 2 aromatic heterocycles. The van der Waals surface area contributed by atoms with E-state index in [0.29, 0.717) is 22.3 Å². The van der Waals surface area contributed by atoms with Crippen LogP contribution in [0.3, 0.4) is 0 Å². The minimum atomic E-state index is 0.313. The third-order valence-corrected chi connectivity index (χ3v) is 9.65. The van der Waals surface area contributed by atoms with E-state index in [1.54, 1.807) is 6.07 Å². The molecule has 0 aliphatic carbocycles. The minimum absolute atomic E-state index is 0.313. The maximum absolute atomic E-state index is 10.7. The molecule has 0 N–H and O–H groups in total. The largest absolute Gasteiger partial charge is 0.309 e. The Hall–Kier alpha value is -7.39. The Morgan fingerprint density at radius 3 is 1.68 bits per heavy atom. The van der Waals surface area contributed by atoms with Crippen molar-refractivity contribution in [2.75, 3.05) is 0 Å². The second-order valence-corrected chi connectivity index (χ2v) is 12.3. The first-order chi connectivity index (χ1) is 24.7. The minimum Gasteiger partial charge on any atom is -0.309 e. The second-order valence-electron chi connectivity index (χ2n) is 12.3. The molecule has 0 amide bonds.